The number of hydrogen-bond donors (Lipinski definition) is 1. The van der Waals surface area contributed by atoms with Crippen molar-refractivity contribution < 1.29 is 8.42 Å². The van der Waals surface area contributed by atoms with Gasteiger partial charge in [0.1, 0.15) is 22.8 Å². The number of hydrogen-bond acceptors (Lipinski definition) is 6. The zero-order valence-corrected chi connectivity index (χ0v) is 11.9. The smallest absolute Gasteiger partial charge is 0.273 e. The average molecular weight is 315 g/mol. The van der Waals surface area contributed by atoms with Crippen molar-refractivity contribution in [3.8, 4) is 0 Å². The first-order valence-electron chi connectivity index (χ1n) is 5.95. The Balaban J connectivity index is 2.06. The van der Waals surface area contributed by atoms with Crippen LogP contribution in [0.2, 0.25) is 5.15 Å². The number of rotatable bonds is 1. The maximum Gasteiger partial charge on any atom is 0.273 e. The van der Waals surface area contributed by atoms with E-state index in [0.717, 1.165) is 0 Å². The molecular formula is C11H11ClN4O3S. The number of sulfone groups is 1. The molecule has 0 bridgehead atoms. The second-order valence-corrected chi connectivity index (χ2v) is 7.21. The average Bonchev–Trinajstić information content (AvgIpc) is 2.39. The molecule has 0 aliphatic carbocycles. The van der Waals surface area contributed by atoms with E-state index < -0.39 is 9.84 Å². The van der Waals surface area contributed by atoms with Crippen molar-refractivity contribution in [2.45, 2.75) is 0 Å². The molecule has 3 rings (SSSR count). The molecule has 1 aliphatic heterocycles. The summed E-state index contributed by atoms with van der Waals surface area (Å²) < 4.78 is 22.9. The van der Waals surface area contributed by atoms with Gasteiger partial charge in [-0.05, 0) is 6.07 Å². The van der Waals surface area contributed by atoms with Crippen molar-refractivity contribution in [1.29, 1.82) is 0 Å². The summed E-state index contributed by atoms with van der Waals surface area (Å²) in [6.45, 7) is 0.588. The molecule has 0 radical (unpaired) electrons. The number of aromatic amines is 1. The van der Waals surface area contributed by atoms with Crippen LogP contribution in [-0.4, -0.2) is 48.0 Å². The van der Waals surface area contributed by atoms with Crippen LogP contribution in [0.15, 0.2) is 17.2 Å². The van der Waals surface area contributed by atoms with Crippen LogP contribution < -0.4 is 10.5 Å². The lowest BCUT2D eigenvalue weighted by Crippen LogP contribution is -2.42. The summed E-state index contributed by atoms with van der Waals surface area (Å²) in [7, 11) is -2.99. The molecule has 3 heterocycles. The number of aromatic nitrogens is 3. The van der Waals surface area contributed by atoms with E-state index in [0.29, 0.717) is 29.8 Å². The summed E-state index contributed by atoms with van der Waals surface area (Å²) in [5.74, 6) is 0.0903. The normalized spacial score (nSPS) is 18.4. The second-order valence-electron chi connectivity index (χ2n) is 4.55. The lowest BCUT2D eigenvalue weighted by Gasteiger charge is -2.27. The molecule has 0 saturated carbocycles. The largest absolute Gasteiger partial charge is 0.365 e. The zero-order valence-electron chi connectivity index (χ0n) is 10.3. The Hall–Kier alpha value is -1.67. The Labute approximate surface area is 119 Å². The molecule has 1 N–H and O–H groups in total. The van der Waals surface area contributed by atoms with Crippen molar-refractivity contribution in [3.63, 3.8) is 0 Å². The quantitative estimate of drug-likeness (QED) is 0.756. The fourth-order valence-electron chi connectivity index (χ4n) is 2.16. The fourth-order valence-corrected chi connectivity index (χ4v) is 3.55. The maximum atomic E-state index is 12.1. The summed E-state index contributed by atoms with van der Waals surface area (Å²) in [6.07, 6.45) is 1.27. The number of fused-ring (bicyclic) bond motifs is 1. The molecule has 1 fully saturated rings. The van der Waals surface area contributed by atoms with E-state index >= 15 is 0 Å². The van der Waals surface area contributed by atoms with Gasteiger partial charge in [-0.2, -0.15) is 0 Å². The van der Waals surface area contributed by atoms with Gasteiger partial charge in [-0.1, -0.05) is 11.6 Å². The highest BCUT2D eigenvalue weighted by Crippen LogP contribution is 2.21. The van der Waals surface area contributed by atoms with Crippen LogP contribution in [0.3, 0.4) is 0 Å². The second kappa shape index (κ2) is 4.71. The number of H-pyrrole nitrogens is 1. The molecule has 0 amide bonds. The van der Waals surface area contributed by atoms with E-state index in [4.69, 9.17) is 11.6 Å². The van der Waals surface area contributed by atoms with Gasteiger partial charge in [0.25, 0.3) is 5.56 Å². The van der Waals surface area contributed by atoms with Crippen LogP contribution in [0.5, 0.6) is 0 Å². The highest BCUT2D eigenvalue weighted by molar-refractivity contribution is 7.91. The van der Waals surface area contributed by atoms with Gasteiger partial charge >= 0.3 is 0 Å². The monoisotopic (exact) mass is 314 g/mol. The van der Waals surface area contributed by atoms with E-state index in [9.17, 15) is 13.2 Å². The highest BCUT2D eigenvalue weighted by atomic mass is 35.5. The molecule has 0 aromatic carbocycles. The van der Waals surface area contributed by atoms with E-state index in [-0.39, 0.29) is 22.2 Å². The Morgan fingerprint density at radius 1 is 1.25 bits per heavy atom. The molecule has 106 valence electrons. The van der Waals surface area contributed by atoms with Crippen LogP contribution in [0.25, 0.3) is 11.0 Å². The molecule has 1 saturated heterocycles. The predicted molar refractivity (Wildman–Crippen MR) is 76.0 cm³/mol. The number of pyridine rings is 1. The molecule has 2 aromatic rings. The SMILES string of the molecule is O=c1[nH]c2ncnc(Cl)c2cc1N1CCS(=O)(=O)CC1. The van der Waals surface area contributed by atoms with Gasteiger partial charge in [0.05, 0.1) is 16.9 Å². The molecule has 0 atom stereocenters. The maximum absolute atomic E-state index is 12.1. The lowest BCUT2D eigenvalue weighted by molar-refractivity contribution is 0.586. The van der Waals surface area contributed by atoms with Crippen LogP contribution in [0, 0.1) is 0 Å². The van der Waals surface area contributed by atoms with Crippen LogP contribution >= 0.6 is 11.6 Å². The van der Waals surface area contributed by atoms with Crippen LogP contribution in [0.1, 0.15) is 0 Å². The van der Waals surface area contributed by atoms with Gasteiger partial charge in [0.15, 0.2) is 9.84 Å². The predicted octanol–water partition coefficient (Wildman–Crippen LogP) is 0.206. The van der Waals surface area contributed by atoms with E-state index in [1.54, 1.807) is 11.0 Å². The van der Waals surface area contributed by atoms with Crippen molar-refractivity contribution in [2.24, 2.45) is 0 Å². The summed E-state index contributed by atoms with van der Waals surface area (Å²) in [5, 5.41) is 0.786. The standard InChI is InChI=1S/C11H11ClN4O3S/c12-9-7-5-8(11(17)15-10(7)14-6-13-9)16-1-3-20(18,19)4-2-16/h5-6H,1-4H2,(H,13,14,15,17). The molecule has 2 aromatic heterocycles. The minimum atomic E-state index is -2.99. The first-order valence-corrected chi connectivity index (χ1v) is 8.15. The van der Waals surface area contributed by atoms with Gasteiger partial charge in [0, 0.05) is 13.1 Å². The molecular weight excluding hydrogens is 304 g/mol. The van der Waals surface area contributed by atoms with E-state index in [2.05, 4.69) is 15.0 Å². The van der Waals surface area contributed by atoms with Gasteiger partial charge in [-0.15, -0.1) is 0 Å². The summed E-state index contributed by atoms with van der Waals surface area (Å²) in [4.78, 5) is 24.2. The Morgan fingerprint density at radius 2 is 1.95 bits per heavy atom. The van der Waals surface area contributed by atoms with Crippen LogP contribution in [0.4, 0.5) is 5.69 Å². The molecule has 0 spiro atoms. The molecule has 9 heteroatoms. The molecule has 20 heavy (non-hydrogen) atoms. The Bertz CT molecular complexity index is 819. The summed E-state index contributed by atoms with van der Waals surface area (Å²) in [5.41, 5.74) is 0.444. The molecule has 0 unspecified atom stereocenters. The third-order valence-electron chi connectivity index (χ3n) is 3.27. The Kier molecular flexibility index (Phi) is 3.14. The Morgan fingerprint density at radius 3 is 2.65 bits per heavy atom. The van der Waals surface area contributed by atoms with Crippen molar-refractivity contribution in [1.82, 2.24) is 15.0 Å². The fraction of sp³-hybridized carbons (Fsp3) is 0.364. The third-order valence-corrected chi connectivity index (χ3v) is 5.18. The van der Waals surface area contributed by atoms with Crippen molar-refractivity contribution in [2.75, 3.05) is 29.5 Å². The lowest BCUT2D eigenvalue weighted by atomic mass is 10.3. The molecule has 7 nitrogen and oxygen atoms in total. The number of nitrogens with zero attached hydrogens (tertiary/aromatic N) is 3. The van der Waals surface area contributed by atoms with Crippen molar-refractivity contribution in [3.05, 3.63) is 27.9 Å². The third kappa shape index (κ3) is 2.36. The van der Waals surface area contributed by atoms with Gasteiger partial charge in [0.2, 0.25) is 0 Å². The van der Waals surface area contributed by atoms with E-state index in [1.807, 2.05) is 0 Å². The van der Waals surface area contributed by atoms with Gasteiger partial charge in [-0.3, -0.25) is 4.79 Å². The highest BCUT2D eigenvalue weighted by Gasteiger charge is 2.23. The number of anilines is 1. The number of nitrogens with one attached hydrogen (secondary N) is 1. The van der Waals surface area contributed by atoms with Crippen LogP contribution in [-0.2, 0) is 9.84 Å². The van der Waals surface area contributed by atoms with Crippen molar-refractivity contribution >= 4 is 38.2 Å². The minimum Gasteiger partial charge on any atom is -0.365 e. The van der Waals surface area contributed by atoms with Gasteiger partial charge in [-0.25, -0.2) is 18.4 Å². The summed E-state index contributed by atoms with van der Waals surface area (Å²) in [6, 6.07) is 1.61. The van der Waals surface area contributed by atoms with E-state index in [1.165, 1.54) is 6.33 Å². The summed E-state index contributed by atoms with van der Waals surface area (Å²) >= 11 is 5.98. The zero-order chi connectivity index (χ0) is 14.3. The minimum absolute atomic E-state index is 0.0451. The number of halogens is 1. The molecule has 1 aliphatic rings. The first kappa shape index (κ1) is 13.3. The topological polar surface area (TPSA) is 96.0 Å². The first-order chi connectivity index (χ1) is 9.46. The van der Waals surface area contributed by atoms with Gasteiger partial charge < -0.3 is 9.88 Å².